The first-order valence-electron chi connectivity index (χ1n) is 3.33. The van der Waals surface area contributed by atoms with Gasteiger partial charge in [-0.05, 0) is 43.5 Å². The highest BCUT2D eigenvalue weighted by Gasteiger charge is 2.10. The summed E-state index contributed by atoms with van der Waals surface area (Å²) in [7, 11) is 0. The van der Waals surface area contributed by atoms with Crippen LogP contribution in [0.2, 0.25) is 0 Å². The summed E-state index contributed by atoms with van der Waals surface area (Å²) in [5, 5.41) is 8.82. The summed E-state index contributed by atoms with van der Waals surface area (Å²) < 4.78 is 1.50. The predicted octanol–water partition coefficient (Wildman–Crippen LogP) is 1.60. The van der Waals surface area contributed by atoms with Gasteiger partial charge in [-0.3, -0.25) is 0 Å². The summed E-state index contributed by atoms with van der Waals surface area (Å²) in [6, 6.07) is 1.41. The van der Waals surface area contributed by atoms with Gasteiger partial charge in [0.1, 0.15) is 4.60 Å². The van der Waals surface area contributed by atoms with Crippen molar-refractivity contribution in [2.24, 2.45) is 5.73 Å². The molecule has 0 fully saturated rings. The molecule has 0 aromatic carbocycles. The number of nitrogens with zero attached hydrogens (tertiary/aromatic N) is 1. The number of halogens is 2. The standard InChI is InChI=1S/C7H8Br2N2O/c8-6-4(5(10)3-12)1-2-11-7(6)9/h1-2,5,12H,3,10H2. The molecule has 3 N–H and O–H groups in total. The molecule has 5 heteroatoms. The van der Waals surface area contributed by atoms with E-state index in [4.69, 9.17) is 10.8 Å². The minimum Gasteiger partial charge on any atom is -0.394 e. The number of pyridine rings is 1. The molecule has 1 atom stereocenters. The van der Waals surface area contributed by atoms with E-state index in [1.165, 1.54) is 0 Å². The van der Waals surface area contributed by atoms with E-state index >= 15 is 0 Å². The molecule has 0 radical (unpaired) electrons. The van der Waals surface area contributed by atoms with Crippen molar-refractivity contribution in [2.45, 2.75) is 6.04 Å². The van der Waals surface area contributed by atoms with Crippen LogP contribution in [0.15, 0.2) is 21.3 Å². The summed E-state index contributed by atoms with van der Waals surface area (Å²) in [4.78, 5) is 3.99. The van der Waals surface area contributed by atoms with Gasteiger partial charge in [0.15, 0.2) is 0 Å². The van der Waals surface area contributed by atoms with Crippen LogP contribution in [0, 0.1) is 0 Å². The minimum atomic E-state index is -0.362. The smallest absolute Gasteiger partial charge is 0.120 e. The lowest BCUT2D eigenvalue weighted by Crippen LogP contribution is -2.15. The Bertz CT molecular complexity index is 280. The lowest BCUT2D eigenvalue weighted by atomic mass is 10.1. The highest BCUT2D eigenvalue weighted by molar-refractivity contribution is 9.13. The topological polar surface area (TPSA) is 59.1 Å². The second-order valence-electron chi connectivity index (χ2n) is 2.29. The van der Waals surface area contributed by atoms with Crippen molar-refractivity contribution >= 4 is 31.9 Å². The van der Waals surface area contributed by atoms with Crippen LogP contribution in [-0.2, 0) is 0 Å². The fourth-order valence-electron chi connectivity index (χ4n) is 0.817. The van der Waals surface area contributed by atoms with Gasteiger partial charge < -0.3 is 10.8 Å². The molecule has 0 aliphatic carbocycles. The maximum Gasteiger partial charge on any atom is 0.120 e. The maximum absolute atomic E-state index is 8.82. The fraction of sp³-hybridized carbons (Fsp3) is 0.286. The third kappa shape index (κ3) is 2.04. The fourth-order valence-corrected chi connectivity index (χ4v) is 1.69. The van der Waals surface area contributed by atoms with Gasteiger partial charge in [0.2, 0.25) is 0 Å². The first-order chi connectivity index (χ1) is 5.66. The van der Waals surface area contributed by atoms with Crippen LogP contribution in [0.1, 0.15) is 11.6 Å². The van der Waals surface area contributed by atoms with E-state index in [0.717, 1.165) is 10.0 Å². The number of nitrogens with two attached hydrogens (primary N) is 1. The Labute approximate surface area is 87.3 Å². The molecule has 66 valence electrons. The zero-order valence-electron chi connectivity index (χ0n) is 6.17. The zero-order valence-corrected chi connectivity index (χ0v) is 9.34. The van der Waals surface area contributed by atoms with Gasteiger partial charge in [-0.15, -0.1) is 0 Å². The molecule has 0 aliphatic heterocycles. The molecule has 0 amide bonds. The summed E-state index contributed by atoms with van der Waals surface area (Å²) in [6.07, 6.45) is 1.64. The van der Waals surface area contributed by atoms with Crippen LogP contribution in [0.5, 0.6) is 0 Å². The molecular formula is C7H8Br2N2O. The van der Waals surface area contributed by atoms with Gasteiger partial charge >= 0.3 is 0 Å². The molecule has 1 rings (SSSR count). The average Bonchev–Trinajstić information content (AvgIpc) is 2.08. The number of hydrogen-bond acceptors (Lipinski definition) is 3. The van der Waals surface area contributed by atoms with E-state index in [1.807, 2.05) is 0 Å². The largest absolute Gasteiger partial charge is 0.394 e. The molecule has 1 aromatic rings. The van der Waals surface area contributed by atoms with Crippen LogP contribution < -0.4 is 5.73 Å². The lowest BCUT2D eigenvalue weighted by molar-refractivity contribution is 0.267. The van der Waals surface area contributed by atoms with Gasteiger partial charge in [0.05, 0.1) is 17.1 Å². The molecule has 0 spiro atoms. The van der Waals surface area contributed by atoms with E-state index < -0.39 is 0 Å². The van der Waals surface area contributed by atoms with Crippen LogP contribution in [-0.4, -0.2) is 16.7 Å². The van der Waals surface area contributed by atoms with Crippen molar-refractivity contribution < 1.29 is 5.11 Å². The van der Waals surface area contributed by atoms with Crippen molar-refractivity contribution in [1.82, 2.24) is 4.98 Å². The molecule has 1 unspecified atom stereocenters. The molecule has 1 heterocycles. The summed E-state index contributed by atoms with van der Waals surface area (Å²) >= 11 is 6.57. The SMILES string of the molecule is NC(CO)c1ccnc(Br)c1Br. The minimum absolute atomic E-state index is 0.0744. The van der Waals surface area contributed by atoms with Crippen molar-refractivity contribution in [3.63, 3.8) is 0 Å². The van der Waals surface area contributed by atoms with E-state index in [9.17, 15) is 0 Å². The molecule has 12 heavy (non-hydrogen) atoms. The van der Waals surface area contributed by atoms with E-state index in [2.05, 4.69) is 36.8 Å². The Balaban J connectivity index is 3.07. The van der Waals surface area contributed by atoms with Crippen LogP contribution >= 0.6 is 31.9 Å². The van der Waals surface area contributed by atoms with E-state index in [-0.39, 0.29) is 12.6 Å². The van der Waals surface area contributed by atoms with Crippen LogP contribution in [0.4, 0.5) is 0 Å². The van der Waals surface area contributed by atoms with Gasteiger partial charge in [0.25, 0.3) is 0 Å². The Morgan fingerprint density at radius 2 is 2.25 bits per heavy atom. The maximum atomic E-state index is 8.82. The number of aliphatic hydroxyl groups is 1. The molecule has 0 aliphatic rings. The number of aromatic nitrogens is 1. The molecule has 0 saturated heterocycles. The number of hydrogen-bond donors (Lipinski definition) is 2. The average molecular weight is 296 g/mol. The number of aliphatic hydroxyl groups excluding tert-OH is 1. The number of rotatable bonds is 2. The molecular weight excluding hydrogens is 288 g/mol. The van der Waals surface area contributed by atoms with Crippen LogP contribution in [0.3, 0.4) is 0 Å². The van der Waals surface area contributed by atoms with Crippen molar-refractivity contribution in [2.75, 3.05) is 6.61 Å². The third-order valence-electron chi connectivity index (χ3n) is 1.47. The highest BCUT2D eigenvalue weighted by Crippen LogP contribution is 2.27. The first kappa shape index (κ1) is 10.1. The quantitative estimate of drug-likeness (QED) is 0.815. The van der Waals surface area contributed by atoms with E-state index in [1.54, 1.807) is 12.3 Å². The van der Waals surface area contributed by atoms with Crippen LogP contribution in [0.25, 0.3) is 0 Å². The van der Waals surface area contributed by atoms with E-state index in [0.29, 0.717) is 4.60 Å². The molecule has 3 nitrogen and oxygen atoms in total. The molecule has 0 bridgehead atoms. The first-order valence-corrected chi connectivity index (χ1v) is 4.91. The van der Waals surface area contributed by atoms with Gasteiger partial charge in [-0.25, -0.2) is 4.98 Å². The normalized spacial score (nSPS) is 13.0. The zero-order chi connectivity index (χ0) is 9.14. The molecule has 0 saturated carbocycles. The van der Waals surface area contributed by atoms with Crippen molar-refractivity contribution in [1.29, 1.82) is 0 Å². The third-order valence-corrected chi connectivity index (χ3v) is 3.44. The van der Waals surface area contributed by atoms with Gasteiger partial charge in [0, 0.05) is 6.20 Å². The molecule has 1 aromatic heterocycles. The summed E-state index contributed by atoms with van der Waals surface area (Å²) in [5.74, 6) is 0. The van der Waals surface area contributed by atoms with Gasteiger partial charge in [-0.2, -0.15) is 0 Å². The van der Waals surface area contributed by atoms with Crippen molar-refractivity contribution in [3.8, 4) is 0 Å². The second-order valence-corrected chi connectivity index (χ2v) is 3.84. The van der Waals surface area contributed by atoms with Gasteiger partial charge in [-0.1, -0.05) is 0 Å². The highest BCUT2D eigenvalue weighted by atomic mass is 79.9. The monoisotopic (exact) mass is 294 g/mol. The Kier molecular flexibility index (Phi) is 3.64. The Morgan fingerprint density at radius 3 is 2.83 bits per heavy atom. The lowest BCUT2D eigenvalue weighted by Gasteiger charge is -2.10. The van der Waals surface area contributed by atoms with Crippen molar-refractivity contribution in [3.05, 3.63) is 26.9 Å². The summed E-state index contributed by atoms with van der Waals surface area (Å²) in [6.45, 7) is -0.0744. The predicted molar refractivity (Wildman–Crippen MR) is 53.7 cm³/mol. The Hall–Kier alpha value is 0.0300. The second kappa shape index (κ2) is 4.32. The Morgan fingerprint density at radius 1 is 1.58 bits per heavy atom. The summed E-state index contributed by atoms with van der Waals surface area (Å²) in [5.41, 5.74) is 6.48.